The molecule has 3 N–H and O–H groups in total. The topological polar surface area (TPSA) is 134 Å². The van der Waals surface area contributed by atoms with Crippen molar-refractivity contribution in [2.45, 2.75) is 6.92 Å². The second kappa shape index (κ2) is 8.42. The molecule has 164 valence electrons. The highest BCUT2D eigenvalue weighted by Gasteiger charge is 2.21. The molecule has 0 saturated carbocycles. The van der Waals surface area contributed by atoms with Crippen molar-refractivity contribution in [1.82, 2.24) is 19.5 Å². The Morgan fingerprint density at radius 1 is 1.06 bits per heavy atom. The maximum atomic E-state index is 12.8. The Kier molecular flexibility index (Phi) is 5.50. The smallest absolute Gasteiger partial charge is 0.332 e. The molecule has 0 aliphatic rings. The number of benzene rings is 2. The first-order valence-corrected chi connectivity index (χ1v) is 9.75. The SMILES string of the molecule is CCOc1ccc(-c2nc(C(N)=O)c3[nH]c(=O)n(-c4ccc(OC)c(OC)c4)c3n2)cc1. The first-order valence-electron chi connectivity index (χ1n) is 9.75. The monoisotopic (exact) mass is 435 g/mol. The van der Waals surface area contributed by atoms with E-state index in [9.17, 15) is 9.59 Å². The number of nitrogens with two attached hydrogens (primary N) is 1. The average Bonchev–Trinajstić information content (AvgIpc) is 3.14. The number of hydrogen-bond donors (Lipinski definition) is 2. The number of hydrogen-bond acceptors (Lipinski definition) is 7. The summed E-state index contributed by atoms with van der Waals surface area (Å²) in [5, 5.41) is 0. The van der Waals surface area contributed by atoms with E-state index < -0.39 is 11.6 Å². The quantitative estimate of drug-likeness (QED) is 0.455. The summed E-state index contributed by atoms with van der Waals surface area (Å²) >= 11 is 0. The normalized spacial score (nSPS) is 10.8. The minimum atomic E-state index is -0.787. The number of rotatable bonds is 7. The zero-order chi connectivity index (χ0) is 22.8. The van der Waals surface area contributed by atoms with Gasteiger partial charge in [0.1, 0.15) is 11.3 Å². The molecule has 32 heavy (non-hydrogen) atoms. The van der Waals surface area contributed by atoms with Crippen LogP contribution < -0.4 is 25.6 Å². The Morgan fingerprint density at radius 3 is 2.41 bits per heavy atom. The number of fused-ring (bicyclic) bond motifs is 1. The number of primary amides is 1. The first-order chi connectivity index (χ1) is 15.5. The molecule has 4 rings (SSSR count). The molecule has 0 radical (unpaired) electrons. The van der Waals surface area contributed by atoms with Gasteiger partial charge < -0.3 is 24.9 Å². The number of nitrogens with zero attached hydrogens (tertiary/aromatic N) is 3. The molecule has 2 aromatic carbocycles. The van der Waals surface area contributed by atoms with Crippen LogP contribution in [0.25, 0.3) is 28.2 Å². The van der Waals surface area contributed by atoms with E-state index in [0.29, 0.717) is 35.1 Å². The van der Waals surface area contributed by atoms with E-state index in [4.69, 9.17) is 19.9 Å². The Balaban J connectivity index is 1.95. The van der Waals surface area contributed by atoms with Gasteiger partial charge in [0.05, 0.1) is 26.5 Å². The van der Waals surface area contributed by atoms with Crippen molar-refractivity contribution in [3.63, 3.8) is 0 Å². The summed E-state index contributed by atoms with van der Waals surface area (Å²) in [7, 11) is 3.02. The van der Waals surface area contributed by atoms with Crippen LogP contribution in [-0.4, -0.2) is 46.3 Å². The fourth-order valence-corrected chi connectivity index (χ4v) is 3.36. The van der Waals surface area contributed by atoms with Gasteiger partial charge in [-0.05, 0) is 43.3 Å². The van der Waals surface area contributed by atoms with Crippen LogP contribution in [0.3, 0.4) is 0 Å². The highest BCUT2D eigenvalue weighted by Crippen LogP contribution is 2.30. The number of H-pyrrole nitrogens is 1. The van der Waals surface area contributed by atoms with Crippen LogP contribution in [0.2, 0.25) is 0 Å². The zero-order valence-electron chi connectivity index (χ0n) is 17.7. The molecule has 2 heterocycles. The molecule has 0 aliphatic carbocycles. The second-order valence-electron chi connectivity index (χ2n) is 6.72. The maximum Gasteiger partial charge on any atom is 0.332 e. The Morgan fingerprint density at radius 2 is 1.78 bits per heavy atom. The van der Waals surface area contributed by atoms with Crippen molar-refractivity contribution >= 4 is 17.1 Å². The van der Waals surface area contributed by atoms with Gasteiger partial charge in [0.25, 0.3) is 5.91 Å². The molecule has 0 fully saturated rings. The van der Waals surface area contributed by atoms with Crippen LogP contribution >= 0.6 is 0 Å². The van der Waals surface area contributed by atoms with E-state index in [1.807, 2.05) is 6.92 Å². The van der Waals surface area contributed by atoms with Crippen molar-refractivity contribution in [2.75, 3.05) is 20.8 Å². The predicted molar refractivity (Wildman–Crippen MR) is 118 cm³/mol. The molecule has 1 amide bonds. The van der Waals surface area contributed by atoms with Crippen LogP contribution in [-0.2, 0) is 0 Å². The number of methoxy groups -OCH3 is 2. The summed E-state index contributed by atoms with van der Waals surface area (Å²) in [5.41, 5.74) is 6.40. The van der Waals surface area contributed by atoms with E-state index in [0.717, 1.165) is 0 Å². The van der Waals surface area contributed by atoms with Crippen molar-refractivity contribution in [1.29, 1.82) is 0 Å². The van der Waals surface area contributed by atoms with E-state index in [2.05, 4.69) is 15.0 Å². The van der Waals surface area contributed by atoms with Crippen molar-refractivity contribution in [3.8, 4) is 34.3 Å². The predicted octanol–water partition coefficient (Wildman–Crippen LogP) is 2.29. The molecule has 0 unspecified atom stereocenters. The Bertz CT molecular complexity index is 1360. The van der Waals surface area contributed by atoms with E-state index in [-0.39, 0.29) is 22.7 Å². The minimum Gasteiger partial charge on any atom is -0.494 e. The lowest BCUT2D eigenvalue weighted by molar-refractivity contribution is 0.0997. The average molecular weight is 435 g/mol. The van der Waals surface area contributed by atoms with Gasteiger partial charge in [-0.3, -0.25) is 4.79 Å². The molecule has 0 bridgehead atoms. The maximum absolute atomic E-state index is 12.8. The van der Waals surface area contributed by atoms with E-state index >= 15 is 0 Å². The van der Waals surface area contributed by atoms with Crippen LogP contribution in [0.15, 0.2) is 47.3 Å². The molecule has 0 saturated heterocycles. The summed E-state index contributed by atoms with van der Waals surface area (Å²) in [6.45, 7) is 2.43. The fourth-order valence-electron chi connectivity index (χ4n) is 3.36. The number of imidazole rings is 1. The number of aromatic amines is 1. The molecule has 0 atom stereocenters. The zero-order valence-corrected chi connectivity index (χ0v) is 17.7. The van der Waals surface area contributed by atoms with Gasteiger partial charge >= 0.3 is 5.69 Å². The van der Waals surface area contributed by atoms with Crippen LogP contribution in [0.5, 0.6) is 17.2 Å². The number of carbonyl (C=O) groups is 1. The number of carbonyl (C=O) groups excluding carboxylic acids is 1. The summed E-state index contributed by atoms with van der Waals surface area (Å²) in [6.07, 6.45) is 0. The summed E-state index contributed by atoms with van der Waals surface area (Å²) in [5.74, 6) is 1.08. The van der Waals surface area contributed by atoms with Gasteiger partial charge in [-0.2, -0.15) is 0 Å². The third-order valence-corrected chi connectivity index (χ3v) is 4.82. The van der Waals surface area contributed by atoms with Gasteiger partial charge in [-0.25, -0.2) is 19.3 Å². The lowest BCUT2D eigenvalue weighted by Crippen LogP contribution is -2.15. The molecular formula is C22H21N5O5. The number of ether oxygens (including phenoxy) is 3. The molecule has 0 aliphatic heterocycles. The number of aromatic nitrogens is 4. The van der Waals surface area contributed by atoms with Gasteiger partial charge in [0, 0.05) is 11.6 Å². The van der Waals surface area contributed by atoms with Crippen molar-refractivity contribution in [3.05, 3.63) is 58.6 Å². The van der Waals surface area contributed by atoms with Crippen molar-refractivity contribution in [2.24, 2.45) is 5.73 Å². The first kappa shape index (κ1) is 20.9. The number of amides is 1. The van der Waals surface area contributed by atoms with Gasteiger partial charge in [0.2, 0.25) is 0 Å². The van der Waals surface area contributed by atoms with E-state index in [1.165, 1.54) is 18.8 Å². The Hall–Kier alpha value is -4.34. The van der Waals surface area contributed by atoms with Gasteiger partial charge in [0.15, 0.2) is 28.7 Å². The van der Waals surface area contributed by atoms with E-state index in [1.54, 1.807) is 42.5 Å². The highest BCUT2D eigenvalue weighted by molar-refractivity contribution is 6.02. The largest absolute Gasteiger partial charge is 0.494 e. The Labute approximate surface area is 182 Å². The fraction of sp³-hybridized carbons (Fsp3) is 0.182. The highest BCUT2D eigenvalue weighted by atomic mass is 16.5. The molecular weight excluding hydrogens is 414 g/mol. The van der Waals surface area contributed by atoms with Crippen LogP contribution in [0.4, 0.5) is 0 Å². The molecule has 10 heteroatoms. The summed E-state index contributed by atoms with van der Waals surface area (Å²) in [6, 6.07) is 12.1. The molecule has 10 nitrogen and oxygen atoms in total. The third-order valence-electron chi connectivity index (χ3n) is 4.82. The van der Waals surface area contributed by atoms with Crippen LogP contribution in [0, 0.1) is 0 Å². The summed E-state index contributed by atoms with van der Waals surface area (Å²) < 4.78 is 17.4. The van der Waals surface area contributed by atoms with Gasteiger partial charge in [-0.1, -0.05) is 0 Å². The lowest BCUT2D eigenvalue weighted by atomic mass is 10.2. The molecule has 4 aromatic rings. The summed E-state index contributed by atoms with van der Waals surface area (Å²) in [4.78, 5) is 36.5. The minimum absolute atomic E-state index is 0.0878. The van der Waals surface area contributed by atoms with Crippen LogP contribution in [0.1, 0.15) is 17.4 Å². The third kappa shape index (κ3) is 3.62. The lowest BCUT2D eigenvalue weighted by Gasteiger charge is -2.11. The standard InChI is InChI=1S/C22H21N5O5/c1-4-32-14-8-5-12(6-9-14)20-24-17(19(23)28)18-21(26-20)27(22(29)25-18)13-7-10-15(30-2)16(11-13)31-3/h5-11H,4H2,1-3H3,(H2,23,28)(H,25,29). The van der Waals surface area contributed by atoms with Gasteiger partial charge in [-0.15, -0.1) is 0 Å². The number of nitrogens with one attached hydrogen (secondary N) is 1. The van der Waals surface area contributed by atoms with Crippen molar-refractivity contribution < 1.29 is 19.0 Å². The molecule has 0 spiro atoms. The second-order valence-corrected chi connectivity index (χ2v) is 6.72. The molecule has 2 aromatic heterocycles.